The molecule has 1 amide bonds. The van der Waals surface area contributed by atoms with Crippen LogP contribution < -0.4 is 5.32 Å². The van der Waals surface area contributed by atoms with E-state index in [0.29, 0.717) is 0 Å². The summed E-state index contributed by atoms with van der Waals surface area (Å²) in [6, 6.07) is 9.54. The first-order chi connectivity index (χ1) is 6.97. The Morgan fingerprint density at radius 2 is 2.00 bits per heavy atom. The predicted molar refractivity (Wildman–Crippen MR) is 59.2 cm³/mol. The standard InChI is InChI=1S/C12H16NO2/c1-12(2,3)13-11(14)15-9-10-7-5-4-6-8-10/h4-8H,1,9H2,2-3H3,(H,13,14). The lowest BCUT2D eigenvalue weighted by Gasteiger charge is -2.19. The van der Waals surface area contributed by atoms with E-state index < -0.39 is 11.6 Å². The van der Waals surface area contributed by atoms with Crippen LogP contribution >= 0.6 is 0 Å². The summed E-state index contributed by atoms with van der Waals surface area (Å²) in [6.07, 6.45) is -0.446. The Labute approximate surface area is 90.4 Å². The summed E-state index contributed by atoms with van der Waals surface area (Å²) in [5, 5.41) is 2.62. The van der Waals surface area contributed by atoms with Gasteiger partial charge >= 0.3 is 6.09 Å². The zero-order chi connectivity index (χ0) is 11.3. The second-order valence-corrected chi connectivity index (χ2v) is 4.07. The van der Waals surface area contributed by atoms with Crippen LogP contribution in [0.25, 0.3) is 0 Å². The fourth-order valence-electron chi connectivity index (χ4n) is 1.04. The van der Waals surface area contributed by atoms with Gasteiger partial charge in [-0.25, -0.2) is 4.79 Å². The molecule has 0 heterocycles. The van der Waals surface area contributed by atoms with Crippen LogP contribution in [0.1, 0.15) is 19.4 Å². The van der Waals surface area contributed by atoms with Crippen molar-refractivity contribution in [2.45, 2.75) is 26.0 Å². The minimum atomic E-state index is -0.506. The van der Waals surface area contributed by atoms with Crippen molar-refractivity contribution in [2.75, 3.05) is 0 Å². The van der Waals surface area contributed by atoms with Crippen molar-refractivity contribution in [2.24, 2.45) is 0 Å². The first-order valence-electron chi connectivity index (χ1n) is 4.81. The molecule has 1 rings (SSSR count). The van der Waals surface area contributed by atoms with E-state index in [2.05, 4.69) is 12.2 Å². The van der Waals surface area contributed by atoms with E-state index in [-0.39, 0.29) is 6.61 Å². The molecule has 0 spiro atoms. The highest BCUT2D eigenvalue weighted by atomic mass is 16.5. The topological polar surface area (TPSA) is 38.3 Å². The largest absolute Gasteiger partial charge is 0.445 e. The number of amides is 1. The summed E-state index contributed by atoms with van der Waals surface area (Å²) in [7, 11) is 0. The SMILES string of the molecule is [CH2]C(C)(C)NC(=O)OCc1ccccc1. The van der Waals surface area contributed by atoms with Crippen LogP contribution in [-0.4, -0.2) is 11.6 Å². The van der Waals surface area contributed by atoms with E-state index >= 15 is 0 Å². The van der Waals surface area contributed by atoms with Crippen LogP contribution in [0.15, 0.2) is 30.3 Å². The van der Waals surface area contributed by atoms with Crippen LogP contribution in [0.3, 0.4) is 0 Å². The van der Waals surface area contributed by atoms with Gasteiger partial charge in [-0.2, -0.15) is 0 Å². The van der Waals surface area contributed by atoms with Gasteiger partial charge in [0.25, 0.3) is 0 Å². The van der Waals surface area contributed by atoms with E-state index in [4.69, 9.17) is 4.74 Å². The summed E-state index contributed by atoms with van der Waals surface area (Å²) in [5.74, 6) is 0. The maximum atomic E-state index is 11.3. The molecule has 1 aromatic carbocycles. The van der Waals surface area contributed by atoms with Crippen LogP contribution in [0.4, 0.5) is 4.79 Å². The fourth-order valence-corrected chi connectivity index (χ4v) is 1.04. The second-order valence-electron chi connectivity index (χ2n) is 4.07. The normalized spacial score (nSPS) is 10.9. The molecule has 0 aliphatic carbocycles. The number of ether oxygens (including phenoxy) is 1. The van der Waals surface area contributed by atoms with Crippen LogP contribution in [-0.2, 0) is 11.3 Å². The van der Waals surface area contributed by atoms with Gasteiger partial charge in [-0.1, -0.05) is 30.3 Å². The molecule has 0 aliphatic rings. The number of carbonyl (C=O) groups excluding carboxylic acids is 1. The Morgan fingerprint density at radius 3 is 2.53 bits per heavy atom. The number of rotatable bonds is 3. The summed E-state index contributed by atoms with van der Waals surface area (Å²) in [4.78, 5) is 11.3. The smallest absolute Gasteiger partial charge is 0.407 e. The van der Waals surface area contributed by atoms with Gasteiger partial charge in [0.1, 0.15) is 6.61 Å². The van der Waals surface area contributed by atoms with Gasteiger partial charge < -0.3 is 10.1 Å². The van der Waals surface area contributed by atoms with Crippen molar-refractivity contribution in [1.29, 1.82) is 0 Å². The molecule has 0 aliphatic heterocycles. The Bertz CT molecular complexity index is 314. The molecule has 1 radical (unpaired) electrons. The Morgan fingerprint density at radius 1 is 1.40 bits per heavy atom. The van der Waals surface area contributed by atoms with Crippen LogP contribution in [0, 0.1) is 6.92 Å². The number of hydrogen-bond acceptors (Lipinski definition) is 2. The first kappa shape index (κ1) is 11.6. The fraction of sp³-hybridized carbons (Fsp3) is 0.333. The summed E-state index contributed by atoms with van der Waals surface area (Å²) in [6.45, 7) is 7.64. The quantitative estimate of drug-likeness (QED) is 0.825. The molecule has 0 saturated heterocycles. The highest BCUT2D eigenvalue weighted by molar-refractivity contribution is 5.68. The Hall–Kier alpha value is -1.51. The minimum Gasteiger partial charge on any atom is -0.445 e. The van der Waals surface area contributed by atoms with Crippen molar-refractivity contribution < 1.29 is 9.53 Å². The predicted octanol–water partition coefficient (Wildman–Crippen LogP) is 2.53. The number of alkyl carbamates (subject to hydrolysis) is 1. The summed E-state index contributed by atoms with van der Waals surface area (Å²) < 4.78 is 5.01. The molecular formula is C12H16NO2. The molecule has 0 aromatic heterocycles. The molecule has 81 valence electrons. The number of benzene rings is 1. The molecule has 0 atom stereocenters. The van der Waals surface area contributed by atoms with Gasteiger partial charge in [-0.15, -0.1) is 0 Å². The zero-order valence-electron chi connectivity index (χ0n) is 9.12. The third-order valence-corrected chi connectivity index (χ3v) is 1.65. The molecule has 0 bridgehead atoms. The maximum absolute atomic E-state index is 11.3. The average molecular weight is 206 g/mol. The van der Waals surface area contributed by atoms with E-state index in [1.165, 1.54) is 0 Å². The molecule has 0 saturated carbocycles. The molecule has 0 unspecified atom stereocenters. The van der Waals surface area contributed by atoms with Crippen molar-refractivity contribution in [3.05, 3.63) is 42.8 Å². The maximum Gasteiger partial charge on any atom is 0.407 e. The molecule has 3 nitrogen and oxygen atoms in total. The molecule has 0 fully saturated rings. The van der Waals surface area contributed by atoms with Gasteiger partial charge in [0, 0.05) is 5.54 Å². The van der Waals surface area contributed by atoms with Crippen molar-refractivity contribution in [1.82, 2.24) is 5.32 Å². The lowest BCUT2D eigenvalue weighted by Crippen LogP contribution is -2.41. The number of carbonyl (C=O) groups is 1. The van der Waals surface area contributed by atoms with E-state index in [1.807, 2.05) is 30.3 Å². The van der Waals surface area contributed by atoms with Crippen LogP contribution in [0.2, 0.25) is 0 Å². The van der Waals surface area contributed by atoms with Gasteiger partial charge in [-0.3, -0.25) is 0 Å². The van der Waals surface area contributed by atoms with Crippen molar-refractivity contribution in [3.8, 4) is 0 Å². The van der Waals surface area contributed by atoms with E-state index in [9.17, 15) is 4.79 Å². The molecule has 3 heteroatoms. The van der Waals surface area contributed by atoms with Crippen molar-refractivity contribution in [3.63, 3.8) is 0 Å². The van der Waals surface area contributed by atoms with Gasteiger partial charge in [0.05, 0.1) is 0 Å². The minimum absolute atomic E-state index is 0.281. The number of hydrogen-bond donors (Lipinski definition) is 1. The number of nitrogens with one attached hydrogen (secondary N) is 1. The third kappa shape index (κ3) is 5.05. The van der Waals surface area contributed by atoms with Crippen molar-refractivity contribution >= 4 is 6.09 Å². The Balaban J connectivity index is 2.35. The van der Waals surface area contributed by atoms with Crippen LogP contribution in [0.5, 0.6) is 0 Å². The van der Waals surface area contributed by atoms with Gasteiger partial charge in [0.15, 0.2) is 0 Å². The van der Waals surface area contributed by atoms with E-state index in [1.54, 1.807) is 13.8 Å². The zero-order valence-corrected chi connectivity index (χ0v) is 9.12. The molecule has 15 heavy (non-hydrogen) atoms. The lowest BCUT2D eigenvalue weighted by molar-refractivity contribution is 0.133. The van der Waals surface area contributed by atoms with Gasteiger partial charge in [0.2, 0.25) is 0 Å². The third-order valence-electron chi connectivity index (χ3n) is 1.65. The summed E-state index contributed by atoms with van der Waals surface area (Å²) >= 11 is 0. The molecular weight excluding hydrogens is 190 g/mol. The molecule has 1 N–H and O–H groups in total. The summed E-state index contributed by atoms with van der Waals surface area (Å²) in [5.41, 5.74) is 0.461. The van der Waals surface area contributed by atoms with E-state index in [0.717, 1.165) is 5.56 Å². The monoisotopic (exact) mass is 206 g/mol. The Kier molecular flexibility index (Phi) is 3.72. The first-order valence-corrected chi connectivity index (χ1v) is 4.81. The molecule has 1 aromatic rings. The van der Waals surface area contributed by atoms with Gasteiger partial charge in [-0.05, 0) is 26.3 Å². The second kappa shape index (κ2) is 4.82. The average Bonchev–Trinajstić information content (AvgIpc) is 2.14. The lowest BCUT2D eigenvalue weighted by atomic mass is 10.1. The highest BCUT2D eigenvalue weighted by Crippen LogP contribution is 2.02. The highest BCUT2D eigenvalue weighted by Gasteiger charge is 2.14.